The van der Waals surface area contributed by atoms with Crippen LogP contribution in [-0.2, 0) is 16.6 Å². The minimum Gasteiger partial charge on any atom is -0.481 e. The molecule has 0 amide bonds. The van der Waals surface area contributed by atoms with Crippen LogP contribution in [0.1, 0.15) is 49.7 Å². The lowest BCUT2D eigenvalue weighted by Crippen LogP contribution is -2.37. The quantitative estimate of drug-likeness (QED) is 0.886. The largest absolute Gasteiger partial charge is 0.481 e. The van der Waals surface area contributed by atoms with Crippen LogP contribution in [0.3, 0.4) is 0 Å². The summed E-state index contributed by atoms with van der Waals surface area (Å²) in [5, 5.41) is 9.74. The van der Waals surface area contributed by atoms with Crippen LogP contribution in [0.4, 0.5) is 0 Å². The van der Waals surface area contributed by atoms with Crippen molar-refractivity contribution >= 4 is 17.7 Å². The zero-order chi connectivity index (χ0) is 13.3. The minimum absolute atomic E-state index is 0.620. The molecule has 0 unspecified atom stereocenters. The fraction of sp³-hybridized carbons (Fsp3) is 0.562. The number of hydrogen-bond donors (Lipinski definition) is 1. The summed E-state index contributed by atoms with van der Waals surface area (Å²) in [6, 6.07) is 6.40. The van der Waals surface area contributed by atoms with Crippen LogP contribution in [0.2, 0.25) is 0 Å². The maximum Gasteiger partial charge on any atom is 0.314 e. The molecule has 1 aromatic carbocycles. The van der Waals surface area contributed by atoms with Gasteiger partial charge in [0.05, 0.1) is 5.41 Å². The van der Waals surface area contributed by atoms with Gasteiger partial charge in [0.1, 0.15) is 0 Å². The number of aliphatic carboxylic acids is 1. The number of hydrogen-bond acceptors (Lipinski definition) is 2. The molecule has 1 saturated carbocycles. The molecule has 0 aromatic heterocycles. The average Bonchev–Trinajstić information content (AvgIpc) is 2.47. The van der Waals surface area contributed by atoms with E-state index in [4.69, 9.17) is 0 Å². The van der Waals surface area contributed by atoms with E-state index in [1.807, 2.05) is 11.8 Å². The standard InChI is InChI=1S/C16H20O2S/c17-15(18)16(8-2-1-3-9-16)13-7-6-12-5-4-10-19-14(12)11-13/h6-7,11H,1-5,8-10H2,(H,17,18). The Morgan fingerprint density at radius 2 is 1.95 bits per heavy atom. The molecule has 3 heteroatoms. The number of rotatable bonds is 2. The van der Waals surface area contributed by atoms with E-state index in [0.717, 1.165) is 43.4 Å². The van der Waals surface area contributed by atoms with Crippen LogP contribution >= 0.6 is 11.8 Å². The molecular weight excluding hydrogens is 256 g/mol. The van der Waals surface area contributed by atoms with E-state index in [2.05, 4.69) is 18.2 Å². The second kappa shape index (κ2) is 5.20. The van der Waals surface area contributed by atoms with Crippen molar-refractivity contribution in [3.05, 3.63) is 29.3 Å². The van der Waals surface area contributed by atoms with Gasteiger partial charge in [0, 0.05) is 4.90 Å². The topological polar surface area (TPSA) is 37.3 Å². The van der Waals surface area contributed by atoms with Gasteiger partial charge < -0.3 is 5.11 Å². The normalized spacial score (nSPS) is 21.7. The highest BCUT2D eigenvalue weighted by Gasteiger charge is 2.41. The summed E-state index contributed by atoms with van der Waals surface area (Å²) in [7, 11) is 0. The lowest BCUT2D eigenvalue weighted by atomic mass is 9.69. The molecular formula is C16H20O2S. The lowest BCUT2D eigenvalue weighted by Gasteiger charge is -2.34. The zero-order valence-corrected chi connectivity index (χ0v) is 12.0. The van der Waals surface area contributed by atoms with Crippen molar-refractivity contribution in [3.63, 3.8) is 0 Å². The van der Waals surface area contributed by atoms with Crippen LogP contribution in [0.25, 0.3) is 0 Å². The van der Waals surface area contributed by atoms with E-state index in [1.165, 1.54) is 23.3 Å². The van der Waals surface area contributed by atoms with Crippen LogP contribution in [0.5, 0.6) is 0 Å². The second-order valence-electron chi connectivity index (χ2n) is 5.72. The highest BCUT2D eigenvalue weighted by atomic mass is 32.2. The van der Waals surface area contributed by atoms with Gasteiger partial charge in [0.25, 0.3) is 0 Å². The molecule has 1 heterocycles. The Balaban J connectivity index is 2.01. The van der Waals surface area contributed by atoms with Gasteiger partial charge in [-0.25, -0.2) is 0 Å². The lowest BCUT2D eigenvalue weighted by molar-refractivity contribution is -0.145. The zero-order valence-electron chi connectivity index (χ0n) is 11.2. The third-order valence-corrected chi connectivity index (χ3v) is 5.77. The summed E-state index contributed by atoms with van der Waals surface area (Å²) in [5.74, 6) is 0.532. The first-order valence-corrected chi connectivity index (χ1v) is 8.20. The smallest absolute Gasteiger partial charge is 0.314 e. The van der Waals surface area contributed by atoms with E-state index in [-0.39, 0.29) is 0 Å². The summed E-state index contributed by atoms with van der Waals surface area (Å²) in [6.45, 7) is 0. The summed E-state index contributed by atoms with van der Waals surface area (Å²) in [4.78, 5) is 13.2. The second-order valence-corrected chi connectivity index (χ2v) is 6.86. The summed E-state index contributed by atoms with van der Waals surface area (Å²) < 4.78 is 0. The number of carboxylic acids is 1. The summed E-state index contributed by atoms with van der Waals surface area (Å²) in [5.41, 5.74) is 1.81. The molecule has 0 saturated heterocycles. The van der Waals surface area contributed by atoms with Gasteiger partial charge in [0.15, 0.2) is 0 Å². The molecule has 1 aliphatic carbocycles. The molecule has 19 heavy (non-hydrogen) atoms. The van der Waals surface area contributed by atoms with Crippen molar-refractivity contribution in [1.82, 2.24) is 0 Å². The minimum atomic E-state index is -0.632. The Labute approximate surface area is 118 Å². The Morgan fingerprint density at radius 1 is 1.16 bits per heavy atom. The van der Waals surface area contributed by atoms with E-state index < -0.39 is 11.4 Å². The molecule has 2 nitrogen and oxygen atoms in total. The van der Waals surface area contributed by atoms with Crippen LogP contribution < -0.4 is 0 Å². The van der Waals surface area contributed by atoms with Gasteiger partial charge in [-0.15, -0.1) is 11.8 Å². The maximum atomic E-state index is 11.8. The number of benzene rings is 1. The summed E-state index contributed by atoms with van der Waals surface area (Å²) in [6.07, 6.45) is 7.23. The molecule has 0 atom stereocenters. The van der Waals surface area contributed by atoms with Crippen molar-refractivity contribution in [3.8, 4) is 0 Å². The van der Waals surface area contributed by atoms with Crippen molar-refractivity contribution < 1.29 is 9.90 Å². The predicted molar refractivity (Wildman–Crippen MR) is 77.9 cm³/mol. The maximum absolute atomic E-state index is 11.8. The van der Waals surface area contributed by atoms with E-state index >= 15 is 0 Å². The fourth-order valence-corrected chi connectivity index (χ4v) is 4.49. The molecule has 102 valence electrons. The first kappa shape index (κ1) is 13.0. The molecule has 1 aliphatic heterocycles. The SMILES string of the molecule is O=C(O)C1(c2ccc3c(c2)SCCC3)CCCCC1. The van der Waals surface area contributed by atoms with Crippen molar-refractivity contribution in [2.24, 2.45) is 0 Å². The molecule has 1 fully saturated rings. The van der Waals surface area contributed by atoms with Crippen LogP contribution in [0, 0.1) is 0 Å². The van der Waals surface area contributed by atoms with E-state index in [0.29, 0.717) is 0 Å². The molecule has 0 radical (unpaired) electrons. The van der Waals surface area contributed by atoms with E-state index in [9.17, 15) is 9.90 Å². The molecule has 0 spiro atoms. The summed E-state index contributed by atoms with van der Waals surface area (Å²) >= 11 is 1.88. The van der Waals surface area contributed by atoms with Gasteiger partial charge >= 0.3 is 5.97 Å². The molecule has 0 bridgehead atoms. The predicted octanol–water partition coefficient (Wildman–Crippen LogP) is 4.01. The number of carbonyl (C=O) groups is 1. The first-order valence-electron chi connectivity index (χ1n) is 7.22. The van der Waals surface area contributed by atoms with Crippen molar-refractivity contribution in [2.45, 2.75) is 55.3 Å². The monoisotopic (exact) mass is 276 g/mol. The number of aryl methyl sites for hydroxylation is 1. The Morgan fingerprint density at radius 3 is 2.68 bits per heavy atom. The van der Waals surface area contributed by atoms with Gasteiger partial charge in [-0.2, -0.15) is 0 Å². The molecule has 1 N–H and O–H groups in total. The van der Waals surface area contributed by atoms with Crippen LogP contribution in [0.15, 0.2) is 23.1 Å². The number of thioether (sulfide) groups is 1. The van der Waals surface area contributed by atoms with Gasteiger partial charge in [-0.05, 0) is 48.6 Å². The third kappa shape index (κ3) is 2.29. The Kier molecular flexibility index (Phi) is 3.57. The highest BCUT2D eigenvalue weighted by molar-refractivity contribution is 7.99. The fourth-order valence-electron chi connectivity index (χ4n) is 3.42. The Hall–Kier alpha value is -0.960. The number of fused-ring (bicyclic) bond motifs is 1. The number of carboxylic acid groups (broad SMARTS) is 1. The molecule has 3 rings (SSSR count). The highest BCUT2D eigenvalue weighted by Crippen LogP contribution is 2.42. The van der Waals surface area contributed by atoms with Crippen LogP contribution in [-0.4, -0.2) is 16.8 Å². The first-order chi connectivity index (χ1) is 9.22. The van der Waals surface area contributed by atoms with Gasteiger partial charge in [0.2, 0.25) is 0 Å². The molecule has 1 aromatic rings. The molecule has 2 aliphatic rings. The van der Waals surface area contributed by atoms with E-state index in [1.54, 1.807) is 0 Å². The van der Waals surface area contributed by atoms with Crippen molar-refractivity contribution in [1.29, 1.82) is 0 Å². The third-order valence-electron chi connectivity index (χ3n) is 4.58. The van der Waals surface area contributed by atoms with Crippen molar-refractivity contribution in [2.75, 3.05) is 5.75 Å². The van der Waals surface area contributed by atoms with Gasteiger partial charge in [-0.1, -0.05) is 31.4 Å². The average molecular weight is 276 g/mol. The Bertz CT molecular complexity index is 490. The van der Waals surface area contributed by atoms with Gasteiger partial charge in [-0.3, -0.25) is 4.79 Å².